The van der Waals surface area contributed by atoms with Crippen LogP contribution in [0, 0.1) is 11.3 Å². The molecule has 0 aromatic carbocycles. The Labute approximate surface area is 104 Å². The highest BCUT2D eigenvalue weighted by atomic mass is 16.5. The smallest absolute Gasteiger partial charge is 0.407 e. The van der Waals surface area contributed by atoms with E-state index in [-0.39, 0.29) is 11.7 Å². The minimum absolute atomic E-state index is 0.0287. The molecule has 0 bridgehead atoms. The van der Waals surface area contributed by atoms with E-state index >= 15 is 0 Å². The van der Waals surface area contributed by atoms with E-state index in [1.54, 1.807) is 0 Å². The average Bonchev–Trinajstić information content (AvgIpc) is 2.20. The van der Waals surface area contributed by atoms with Gasteiger partial charge in [-0.2, -0.15) is 0 Å². The first-order valence-electron chi connectivity index (χ1n) is 6.17. The molecule has 0 unspecified atom stereocenters. The Bertz CT molecular complexity index is 266. The molecule has 1 N–H and O–H groups in total. The van der Waals surface area contributed by atoms with E-state index in [0.29, 0.717) is 6.61 Å². The first kappa shape index (κ1) is 15.9. The van der Waals surface area contributed by atoms with Crippen LogP contribution in [0.3, 0.4) is 0 Å². The number of ketones is 1. The molecule has 0 aromatic heterocycles. The summed E-state index contributed by atoms with van der Waals surface area (Å²) >= 11 is 0. The maximum atomic E-state index is 12.1. The number of hydrogen-bond acceptors (Lipinski definition) is 3. The summed E-state index contributed by atoms with van der Waals surface area (Å²) in [5, 5.41) is 2.65. The fraction of sp³-hybridized carbons (Fsp3) is 0.846. The summed E-state index contributed by atoms with van der Waals surface area (Å²) in [5.74, 6) is 0.0804. The summed E-state index contributed by atoms with van der Waals surface area (Å²) in [6.45, 7) is 11.7. The zero-order chi connectivity index (χ0) is 13.6. The van der Waals surface area contributed by atoms with E-state index < -0.39 is 17.6 Å². The van der Waals surface area contributed by atoms with E-state index in [4.69, 9.17) is 4.74 Å². The molecule has 0 rings (SSSR count). The maximum absolute atomic E-state index is 12.1. The minimum atomic E-state index is -0.511. The normalized spacial score (nSPS) is 13.4. The second-order valence-electron chi connectivity index (χ2n) is 5.62. The SMILES string of the molecule is CCCOC(=O)N[C@H](C(=O)C(C)(C)C)C(C)C. The Hall–Kier alpha value is -1.06. The molecule has 0 heterocycles. The largest absolute Gasteiger partial charge is 0.450 e. The Morgan fingerprint density at radius 2 is 1.76 bits per heavy atom. The molecule has 17 heavy (non-hydrogen) atoms. The molecule has 0 saturated carbocycles. The number of alkyl carbamates (subject to hydrolysis) is 1. The summed E-state index contributed by atoms with van der Waals surface area (Å²) in [6, 6.07) is -0.487. The molecule has 0 aliphatic carbocycles. The van der Waals surface area contributed by atoms with E-state index in [1.165, 1.54) is 0 Å². The zero-order valence-electron chi connectivity index (χ0n) is 11.8. The van der Waals surface area contributed by atoms with Crippen LogP contribution in [0.25, 0.3) is 0 Å². The molecule has 100 valence electrons. The van der Waals surface area contributed by atoms with Gasteiger partial charge < -0.3 is 10.1 Å². The van der Waals surface area contributed by atoms with Gasteiger partial charge in [0, 0.05) is 5.41 Å². The number of carbonyl (C=O) groups excluding carboxylic acids is 2. The summed E-state index contributed by atoms with van der Waals surface area (Å²) in [6.07, 6.45) is 0.260. The van der Waals surface area contributed by atoms with Gasteiger partial charge in [0.05, 0.1) is 12.6 Å². The van der Waals surface area contributed by atoms with Gasteiger partial charge in [0.25, 0.3) is 0 Å². The molecular formula is C13H25NO3. The van der Waals surface area contributed by atoms with Crippen molar-refractivity contribution >= 4 is 11.9 Å². The van der Waals surface area contributed by atoms with Crippen LogP contribution in [0.1, 0.15) is 48.0 Å². The van der Waals surface area contributed by atoms with Crippen LogP contribution in [0.2, 0.25) is 0 Å². The topological polar surface area (TPSA) is 55.4 Å². The highest BCUT2D eigenvalue weighted by Crippen LogP contribution is 2.20. The van der Waals surface area contributed by atoms with Gasteiger partial charge in [-0.25, -0.2) is 4.79 Å². The van der Waals surface area contributed by atoms with Gasteiger partial charge in [-0.15, -0.1) is 0 Å². The minimum Gasteiger partial charge on any atom is -0.450 e. The molecule has 1 amide bonds. The van der Waals surface area contributed by atoms with Gasteiger partial charge in [0.1, 0.15) is 0 Å². The van der Waals surface area contributed by atoms with Gasteiger partial charge in [0.2, 0.25) is 0 Å². The lowest BCUT2D eigenvalue weighted by atomic mass is 9.82. The summed E-state index contributed by atoms with van der Waals surface area (Å²) in [4.78, 5) is 23.6. The number of carbonyl (C=O) groups is 2. The van der Waals surface area contributed by atoms with Crippen molar-refractivity contribution in [2.75, 3.05) is 6.61 Å². The predicted octanol–water partition coefficient (Wildman–Crippen LogP) is 2.76. The number of rotatable bonds is 5. The van der Waals surface area contributed by atoms with Crippen molar-refractivity contribution < 1.29 is 14.3 Å². The lowest BCUT2D eigenvalue weighted by molar-refractivity contribution is -0.129. The maximum Gasteiger partial charge on any atom is 0.407 e. The second-order valence-corrected chi connectivity index (χ2v) is 5.62. The highest BCUT2D eigenvalue weighted by Gasteiger charge is 2.32. The zero-order valence-corrected chi connectivity index (χ0v) is 11.8. The standard InChI is InChI=1S/C13H25NO3/c1-7-8-17-12(16)14-10(9(2)3)11(15)13(4,5)6/h9-10H,7-8H2,1-6H3,(H,14,16)/t10-/m0/s1. The van der Waals surface area contributed by atoms with Gasteiger partial charge in [-0.05, 0) is 12.3 Å². The molecule has 0 spiro atoms. The van der Waals surface area contributed by atoms with Crippen LogP contribution in [0.5, 0.6) is 0 Å². The van der Waals surface area contributed by atoms with Gasteiger partial charge in [-0.1, -0.05) is 41.5 Å². The molecular weight excluding hydrogens is 218 g/mol. The van der Waals surface area contributed by atoms with Crippen LogP contribution in [-0.4, -0.2) is 24.5 Å². The number of nitrogens with one attached hydrogen (secondary N) is 1. The molecule has 0 saturated heterocycles. The van der Waals surface area contributed by atoms with E-state index in [1.807, 2.05) is 41.5 Å². The Balaban J connectivity index is 4.56. The first-order chi connectivity index (χ1) is 7.70. The third-order valence-corrected chi connectivity index (χ3v) is 2.40. The molecule has 1 atom stereocenters. The van der Waals surface area contributed by atoms with Crippen molar-refractivity contribution in [1.29, 1.82) is 0 Å². The quantitative estimate of drug-likeness (QED) is 0.807. The van der Waals surface area contributed by atoms with Crippen molar-refractivity contribution in [3.05, 3.63) is 0 Å². The number of amides is 1. The fourth-order valence-electron chi connectivity index (χ4n) is 1.36. The average molecular weight is 243 g/mol. The summed E-state index contributed by atoms with van der Waals surface area (Å²) in [7, 11) is 0. The molecule has 0 aliphatic rings. The Morgan fingerprint density at radius 1 is 1.24 bits per heavy atom. The third-order valence-electron chi connectivity index (χ3n) is 2.40. The van der Waals surface area contributed by atoms with Gasteiger partial charge >= 0.3 is 6.09 Å². The fourth-order valence-corrected chi connectivity index (χ4v) is 1.36. The first-order valence-corrected chi connectivity index (χ1v) is 6.17. The van der Waals surface area contributed by atoms with Crippen molar-refractivity contribution in [3.8, 4) is 0 Å². The lowest BCUT2D eigenvalue weighted by Crippen LogP contribution is -2.48. The Kier molecular flexibility index (Phi) is 6.21. The van der Waals surface area contributed by atoms with E-state index in [2.05, 4.69) is 5.32 Å². The van der Waals surface area contributed by atoms with Crippen molar-refractivity contribution in [1.82, 2.24) is 5.32 Å². The second kappa shape index (κ2) is 6.62. The molecule has 4 heteroatoms. The van der Waals surface area contributed by atoms with Crippen molar-refractivity contribution in [2.45, 2.75) is 54.0 Å². The lowest BCUT2D eigenvalue weighted by Gasteiger charge is -2.27. The van der Waals surface area contributed by atoms with Crippen molar-refractivity contribution in [3.63, 3.8) is 0 Å². The van der Waals surface area contributed by atoms with E-state index in [0.717, 1.165) is 6.42 Å². The molecule has 0 fully saturated rings. The molecule has 0 aromatic rings. The number of Topliss-reactive ketones (excluding diaryl/α,β-unsaturated/α-hetero) is 1. The van der Waals surface area contributed by atoms with Crippen LogP contribution >= 0.6 is 0 Å². The van der Waals surface area contributed by atoms with Crippen LogP contribution in [0.4, 0.5) is 4.79 Å². The van der Waals surface area contributed by atoms with Gasteiger partial charge in [0.15, 0.2) is 5.78 Å². The summed E-state index contributed by atoms with van der Waals surface area (Å²) < 4.78 is 4.93. The van der Waals surface area contributed by atoms with Crippen LogP contribution < -0.4 is 5.32 Å². The monoisotopic (exact) mass is 243 g/mol. The highest BCUT2D eigenvalue weighted by molar-refractivity contribution is 5.91. The third kappa shape index (κ3) is 5.71. The predicted molar refractivity (Wildman–Crippen MR) is 67.9 cm³/mol. The van der Waals surface area contributed by atoms with Gasteiger partial charge in [-0.3, -0.25) is 4.79 Å². The molecule has 4 nitrogen and oxygen atoms in total. The molecule has 0 aliphatic heterocycles. The summed E-state index contributed by atoms with van der Waals surface area (Å²) in [5.41, 5.74) is -0.465. The number of ether oxygens (including phenoxy) is 1. The number of hydrogen-bond donors (Lipinski definition) is 1. The van der Waals surface area contributed by atoms with Crippen LogP contribution in [0.15, 0.2) is 0 Å². The van der Waals surface area contributed by atoms with Crippen molar-refractivity contribution in [2.24, 2.45) is 11.3 Å². The van der Waals surface area contributed by atoms with Crippen LogP contribution in [-0.2, 0) is 9.53 Å². The molecule has 0 radical (unpaired) electrons. The van der Waals surface area contributed by atoms with E-state index in [9.17, 15) is 9.59 Å². The Morgan fingerprint density at radius 3 is 2.12 bits per heavy atom.